The molecule has 2 fully saturated rings. The lowest BCUT2D eigenvalue weighted by atomic mass is 9.90. The van der Waals surface area contributed by atoms with Crippen LogP contribution in [-0.4, -0.2) is 41.1 Å². The number of nitrogens with zero attached hydrogens (tertiary/aromatic N) is 2. The summed E-state index contributed by atoms with van der Waals surface area (Å²) in [6.07, 6.45) is 4.39. The van der Waals surface area contributed by atoms with Crippen LogP contribution in [-0.2, 0) is 4.74 Å². The molecule has 2 aliphatic rings. The number of pyridine rings is 1. The lowest BCUT2D eigenvalue weighted by Gasteiger charge is -2.43. The Balaban J connectivity index is 1.66. The minimum atomic E-state index is -0.394. The number of carbonyl (C=O) groups excluding carboxylic acids is 1. The van der Waals surface area contributed by atoms with Gasteiger partial charge in [-0.2, -0.15) is 0 Å². The Kier molecular flexibility index (Phi) is 3.73. The number of para-hydroxylation sites is 1. The molecule has 4 rings (SSSR count). The molecule has 1 aliphatic carbocycles. The maximum absolute atomic E-state index is 13.9. The predicted octanol–water partition coefficient (Wildman–Crippen LogP) is 3.16. The van der Waals surface area contributed by atoms with E-state index in [-0.39, 0.29) is 23.6 Å². The van der Waals surface area contributed by atoms with Gasteiger partial charge >= 0.3 is 0 Å². The number of halogens is 1. The number of morpholine rings is 1. The molecule has 2 atom stereocenters. The summed E-state index contributed by atoms with van der Waals surface area (Å²) >= 11 is 0. The van der Waals surface area contributed by atoms with E-state index in [2.05, 4.69) is 4.98 Å². The highest BCUT2D eigenvalue weighted by Gasteiger charge is 2.37. The van der Waals surface area contributed by atoms with Crippen molar-refractivity contribution in [1.82, 2.24) is 9.88 Å². The smallest absolute Gasteiger partial charge is 0.272 e. The van der Waals surface area contributed by atoms with Gasteiger partial charge in [0, 0.05) is 11.9 Å². The van der Waals surface area contributed by atoms with Crippen molar-refractivity contribution in [3.63, 3.8) is 0 Å². The van der Waals surface area contributed by atoms with E-state index in [9.17, 15) is 9.18 Å². The van der Waals surface area contributed by atoms with Crippen LogP contribution in [0.4, 0.5) is 4.39 Å². The average molecular weight is 314 g/mol. The zero-order chi connectivity index (χ0) is 15.8. The van der Waals surface area contributed by atoms with Crippen LogP contribution in [0.15, 0.2) is 30.3 Å². The van der Waals surface area contributed by atoms with Crippen molar-refractivity contribution in [3.05, 3.63) is 41.8 Å². The zero-order valence-corrected chi connectivity index (χ0v) is 12.9. The standard InChI is InChI=1S/C18H19FN2O2/c19-13-5-3-4-12-8-9-14(20-17(12)13)18(22)21-10-11-23-16-7-2-1-6-15(16)21/h3-5,8-9,15-16H,1-2,6-7,10-11H2. The molecule has 0 N–H and O–H groups in total. The molecule has 0 spiro atoms. The van der Waals surface area contributed by atoms with Crippen molar-refractivity contribution in [2.45, 2.75) is 37.8 Å². The number of fused-ring (bicyclic) bond motifs is 2. The summed E-state index contributed by atoms with van der Waals surface area (Å²) in [6.45, 7) is 1.14. The summed E-state index contributed by atoms with van der Waals surface area (Å²) in [5, 5.41) is 0.707. The first-order valence-corrected chi connectivity index (χ1v) is 8.22. The van der Waals surface area contributed by atoms with Crippen molar-refractivity contribution in [2.24, 2.45) is 0 Å². The van der Waals surface area contributed by atoms with E-state index in [1.165, 1.54) is 6.07 Å². The van der Waals surface area contributed by atoms with Gasteiger partial charge < -0.3 is 9.64 Å². The molecular weight excluding hydrogens is 295 g/mol. The highest BCUT2D eigenvalue weighted by Crippen LogP contribution is 2.29. The Bertz CT molecular complexity index is 747. The quantitative estimate of drug-likeness (QED) is 0.812. The van der Waals surface area contributed by atoms with E-state index in [1.807, 2.05) is 4.90 Å². The summed E-state index contributed by atoms with van der Waals surface area (Å²) in [5.41, 5.74) is 0.570. The minimum Gasteiger partial charge on any atom is -0.374 e. The molecule has 1 aromatic heterocycles. The molecule has 1 aromatic carbocycles. The van der Waals surface area contributed by atoms with Crippen LogP contribution in [0.2, 0.25) is 0 Å². The van der Waals surface area contributed by atoms with Gasteiger partial charge in [0.25, 0.3) is 5.91 Å². The molecule has 4 nitrogen and oxygen atoms in total. The maximum Gasteiger partial charge on any atom is 0.272 e. The largest absolute Gasteiger partial charge is 0.374 e. The van der Waals surface area contributed by atoms with Gasteiger partial charge in [-0.3, -0.25) is 4.79 Å². The number of benzene rings is 1. The lowest BCUT2D eigenvalue weighted by Crippen LogP contribution is -2.54. The normalized spacial score (nSPS) is 24.5. The molecular formula is C18H19FN2O2. The third kappa shape index (κ3) is 2.59. The molecule has 2 heterocycles. The second-order valence-corrected chi connectivity index (χ2v) is 6.27. The van der Waals surface area contributed by atoms with Gasteiger partial charge in [0.2, 0.25) is 0 Å². The Morgan fingerprint density at radius 2 is 2.09 bits per heavy atom. The van der Waals surface area contributed by atoms with Gasteiger partial charge in [-0.25, -0.2) is 9.37 Å². The van der Waals surface area contributed by atoms with Gasteiger partial charge in [-0.05, 0) is 25.0 Å². The molecule has 23 heavy (non-hydrogen) atoms. The summed E-state index contributed by atoms with van der Waals surface area (Å²) in [7, 11) is 0. The van der Waals surface area contributed by atoms with Gasteiger partial charge in [-0.15, -0.1) is 0 Å². The number of ether oxygens (including phenoxy) is 1. The highest BCUT2D eigenvalue weighted by molar-refractivity contribution is 5.95. The number of rotatable bonds is 1. The second-order valence-electron chi connectivity index (χ2n) is 6.27. The summed E-state index contributed by atoms with van der Waals surface area (Å²) < 4.78 is 19.7. The van der Waals surface area contributed by atoms with E-state index < -0.39 is 5.82 Å². The van der Waals surface area contributed by atoms with E-state index in [1.54, 1.807) is 24.3 Å². The molecule has 2 aromatic rings. The number of aromatic nitrogens is 1. The molecule has 1 aliphatic heterocycles. The van der Waals surface area contributed by atoms with E-state index in [4.69, 9.17) is 4.74 Å². The van der Waals surface area contributed by atoms with Crippen molar-refractivity contribution in [1.29, 1.82) is 0 Å². The van der Waals surface area contributed by atoms with Crippen molar-refractivity contribution in [2.75, 3.05) is 13.2 Å². The van der Waals surface area contributed by atoms with Gasteiger partial charge in [-0.1, -0.05) is 31.0 Å². The van der Waals surface area contributed by atoms with Crippen molar-refractivity contribution < 1.29 is 13.9 Å². The SMILES string of the molecule is O=C(c1ccc2cccc(F)c2n1)N1CCOC2CCCCC21. The Labute approximate surface area is 134 Å². The third-order valence-electron chi connectivity index (χ3n) is 4.88. The van der Waals surface area contributed by atoms with E-state index in [0.29, 0.717) is 24.2 Å². The number of amides is 1. The lowest BCUT2D eigenvalue weighted by molar-refractivity contribution is -0.0754. The first-order chi connectivity index (χ1) is 11.2. The molecule has 1 saturated heterocycles. The molecule has 5 heteroatoms. The van der Waals surface area contributed by atoms with E-state index in [0.717, 1.165) is 25.7 Å². The van der Waals surface area contributed by atoms with Crippen LogP contribution in [0.5, 0.6) is 0 Å². The van der Waals surface area contributed by atoms with Gasteiger partial charge in [0.1, 0.15) is 17.0 Å². The molecule has 0 radical (unpaired) electrons. The molecule has 1 amide bonds. The summed E-state index contributed by atoms with van der Waals surface area (Å²) in [4.78, 5) is 19.1. The fourth-order valence-electron chi connectivity index (χ4n) is 3.73. The van der Waals surface area contributed by atoms with Crippen molar-refractivity contribution in [3.8, 4) is 0 Å². The van der Waals surface area contributed by atoms with Crippen LogP contribution < -0.4 is 0 Å². The number of carbonyl (C=O) groups is 1. The van der Waals surface area contributed by atoms with Crippen LogP contribution in [0.1, 0.15) is 36.2 Å². The summed E-state index contributed by atoms with van der Waals surface area (Å²) in [6, 6.07) is 8.40. The van der Waals surface area contributed by atoms with Crippen LogP contribution in [0.3, 0.4) is 0 Å². The number of hydrogen-bond acceptors (Lipinski definition) is 3. The Morgan fingerprint density at radius 1 is 1.22 bits per heavy atom. The second kappa shape index (κ2) is 5.89. The fraction of sp³-hybridized carbons (Fsp3) is 0.444. The molecule has 2 unspecified atom stereocenters. The maximum atomic E-state index is 13.9. The molecule has 0 bridgehead atoms. The fourth-order valence-corrected chi connectivity index (χ4v) is 3.73. The van der Waals surface area contributed by atoms with Crippen molar-refractivity contribution >= 4 is 16.8 Å². The monoisotopic (exact) mass is 314 g/mol. The Morgan fingerprint density at radius 3 is 3.00 bits per heavy atom. The van der Waals surface area contributed by atoms with Crippen LogP contribution >= 0.6 is 0 Å². The van der Waals surface area contributed by atoms with Crippen LogP contribution in [0.25, 0.3) is 10.9 Å². The first-order valence-electron chi connectivity index (χ1n) is 8.22. The van der Waals surface area contributed by atoms with E-state index >= 15 is 0 Å². The van der Waals surface area contributed by atoms with Gasteiger partial charge in [0.15, 0.2) is 0 Å². The average Bonchev–Trinajstić information content (AvgIpc) is 2.61. The summed E-state index contributed by atoms with van der Waals surface area (Å²) in [5.74, 6) is -0.509. The Hall–Kier alpha value is -2.01. The predicted molar refractivity (Wildman–Crippen MR) is 84.7 cm³/mol. The van der Waals surface area contributed by atoms with Gasteiger partial charge in [0.05, 0.1) is 18.8 Å². The first kappa shape index (κ1) is 14.6. The molecule has 120 valence electrons. The molecule has 1 saturated carbocycles. The zero-order valence-electron chi connectivity index (χ0n) is 12.9. The third-order valence-corrected chi connectivity index (χ3v) is 4.88. The highest BCUT2D eigenvalue weighted by atomic mass is 19.1. The topological polar surface area (TPSA) is 42.4 Å². The number of hydrogen-bond donors (Lipinski definition) is 0. The van der Waals surface area contributed by atoms with Crippen LogP contribution in [0, 0.1) is 5.82 Å². The minimum absolute atomic E-state index is 0.115.